The molecule has 0 aliphatic heterocycles. The molecule has 0 radical (unpaired) electrons. The molecule has 1 fully saturated rings. The largest absolute Gasteiger partial charge is 0.352 e. The Bertz CT molecular complexity index is 1170. The lowest BCUT2D eigenvalue weighted by Crippen LogP contribution is -2.53. The summed E-state index contributed by atoms with van der Waals surface area (Å²) in [6.45, 7) is 1.03. The second-order valence-corrected chi connectivity index (χ2v) is 12.0. The number of nitrogens with one attached hydrogen (secondary N) is 1. The number of anilines is 1. The number of halogens is 2. The first-order valence-electron chi connectivity index (χ1n) is 11.8. The fourth-order valence-corrected chi connectivity index (χ4v) is 5.45. The zero-order valence-corrected chi connectivity index (χ0v) is 23.1. The molecule has 196 valence electrons. The van der Waals surface area contributed by atoms with Crippen molar-refractivity contribution < 1.29 is 22.4 Å². The highest BCUT2D eigenvalue weighted by Crippen LogP contribution is 2.24. The van der Waals surface area contributed by atoms with Crippen LogP contribution in [0, 0.1) is 5.82 Å². The molecule has 1 aliphatic rings. The maximum atomic E-state index is 14.7. The SMILES string of the molecule is C[C@@H](C(=O)NC1CCCC1)N(Cc1ccc(Br)cc1)C(=O)CN(c1ccccc1F)S(=O)(=O)N(C)C. The van der Waals surface area contributed by atoms with Gasteiger partial charge in [-0.25, -0.2) is 8.70 Å². The van der Waals surface area contributed by atoms with E-state index in [1.54, 1.807) is 6.92 Å². The summed E-state index contributed by atoms with van der Waals surface area (Å²) in [5.41, 5.74) is 0.520. The van der Waals surface area contributed by atoms with Gasteiger partial charge in [0.2, 0.25) is 11.8 Å². The number of rotatable bonds is 10. The van der Waals surface area contributed by atoms with E-state index in [9.17, 15) is 22.4 Å². The van der Waals surface area contributed by atoms with Crippen molar-refractivity contribution in [3.8, 4) is 0 Å². The molecule has 1 aliphatic carbocycles. The molecular weight excluding hydrogens is 551 g/mol. The molecule has 0 saturated heterocycles. The Morgan fingerprint density at radius 2 is 1.69 bits per heavy atom. The molecule has 2 aromatic rings. The van der Waals surface area contributed by atoms with Gasteiger partial charge >= 0.3 is 10.2 Å². The molecule has 0 bridgehead atoms. The molecule has 1 N–H and O–H groups in total. The van der Waals surface area contributed by atoms with Crippen molar-refractivity contribution in [3.63, 3.8) is 0 Å². The van der Waals surface area contributed by atoms with Crippen molar-refractivity contribution in [2.75, 3.05) is 24.9 Å². The average Bonchev–Trinajstić information content (AvgIpc) is 3.35. The van der Waals surface area contributed by atoms with Crippen LogP contribution in [0.15, 0.2) is 53.0 Å². The van der Waals surface area contributed by atoms with E-state index >= 15 is 0 Å². The van der Waals surface area contributed by atoms with Crippen LogP contribution in [-0.2, 0) is 26.3 Å². The van der Waals surface area contributed by atoms with Crippen LogP contribution in [0.5, 0.6) is 0 Å². The van der Waals surface area contributed by atoms with Crippen LogP contribution >= 0.6 is 15.9 Å². The Kier molecular flexibility index (Phi) is 9.48. The highest BCUT2D eigenvalue weighted by atomic mass is 79.9. The monoisotopic (exact) mass is 582 g/mol. The number of amides is 2. The summed E-state index contributed by atoms with van der Waals surface area (Å²) in [5, 5.41) is 3.01. The summed E-state index contributed by atoms with van der Waals surface area (Å²) >= 11 is 3.38. The van der Waals surface area contributed by atoms with Gasteiger partial charge in [-0.15, -0.1) is 0 Å². The van der Waals surface area contributed by atoms with E-state index in [0.29, 0.717) is 0 Å². The van der Waals surface area contributed by atoms with Gasteiger partial charge in [0.1, 0.15) is 18.4 Å². The smallest absolute Gasteiger partial charge is 0.304 e. The number of carbonyl (C=O) groups is 2. The van der Waals surface area contributed by atoms with E-state index in [2.05, 4.69) is 21.2 Å². The third-order valence-corrected chi connectivity index (χ3v) is 8.61. The van der Waals surface area contributed by atoms with Gasteiger partial charge in [-0.3, -0.25) is 9.59 Å². The summed E-state index contributed by atoms with van der Waals surface area (Å²) in [6.07, 6.45) is 3.87. The molecule has 2 amide bonds. The summed E-state index contributed by atoms with van der Waals surface area (Å²) in [6, 6.07) is 11.9. The Morgan fingerprint density at radius 1 is 1.08 bits per heavy atom. The van der Waals surface area contributed by atoms with Crippen molar-refractivity contribution >= 4 is 43.6 Å². The van der Waals surface area contributed by atoms with Crippen LogP contribution in [0.3, 0.4) is 0 Å². The highest BCUT2D eigenvalue weighted by Gasteiger charge is 2.34. The van der Waals surface area contributed by atoms with E-state index in [4.69, 9.17) is 0 Å². The number of para-hydroxylation sites is 1. The van der Waals surface area contributed by atoms with Crippen molar-refractivity contribution in [2.24, 2.45) is 0 Å². The van der Waals surface area contributed by atoms with Crippen molar-refractivity contribution in [3.05, 3.63) is 64.4 Å². The predicted molar refractivity (Wildman–Crippen MR) is 141 cm³/mol. The van der Waals surface area contributed by atoms with E-state index in [1.807, 2.05) is 24.3 Å². The summed E-state index contributed by atoms with van der Waals surface area (Å²) < 4.78 is 43.4. The third kappa shape index (κ3) is 6.83. The van der Waals surface area contributed by atoms with Crippen LogP contribution < -0.4 is 9.62 Å². The van der Waals surface area contributed by atoms with Crippen LogP contribution in [0.2, 0.25) is 0 Å². The molecule has 3 rings (SSSR count). The Labute approximate surface area is 220 Å². The first-order chi connectivity index (χ1) is 17.0. The molecule has 1 atom stereocenters. The highest BCUT2D eigenvalue weighted by molar-refractivity contribution is 9.10. The number of hydrogen-bond donors (Lipinski definition) is 1. The fraction of sp³-hybridized carbons (Fsp3) is 0.440. The Balaban J connectivity index is 1.93. The van der Waals surface area contributed by atoms with Gasteiger partial charge in [-0.1, -0.05) is 53.0 Å². The second kappa shape index (κ2) is 12.2. The number of hydrogen-bond acceptors (Lipinski definition) is 4. The summed E-state index contributed by atoms with van der Waals surface area (Å²) in [7, 11) is -1.59. The first kappa shape index (κ1) is 28.1. The topological polar surface area (TPSA) is 90.0 Å². The van der Waals surface area contributed by atoms with Gasteiger partial charge in [-0.05, 0) is 49.6 Å². The van der Waals surface area contributed by atoms with Crippen molar-refractivity contribution in [2.45, 2.75) is 51.2 Å². The maximum Gasteiger partial charge on any atom is 0.304 e. The maximum absolute atomic E-state index is 14.7. The van der Waals surface area contributed by atoms with Crippen molar-refractivity contribution in [1.29, 1.82) is 0 Å². The predicted octanol–water partition coefficient (Wildman–Crippen LogP) is 3.68. The standard InChI is InChI=1S/C25H32BrFN4O4S/c1-18(25(33)28-21-8-4-5-9-21)30(16-19-12-14-20(26)15-13-19)24(32)17-31(36(34,35)29(2)3)23-11-7-6-10-22(23)27/h6-7,10-15,18,21H,4-5,8-9,16-17H2,1-3H3,(H,28,33)/t18-/m0/s1. The summed E-state index contributed by atoms with van der Waals surface area (Å²) in [4.78, 5) is 28.1. The fourth-order valence-electron chi connectivity index (χ4n) is 4.12. The van der Waals surface area contributed by atoms with Crippen LogP contribution in [0.25, 0.3) is 0 Å². The van der Waals surface area contributed by atoms with E-state index in [0.717, 1.165) is 50.4 Å². The molecule has 0 heterocycles. The number of benzene rings is 2. The quantitative estimate of drug-likeness (QED) is 0.462. The van der Waals surface area contributed by atoms with Gasteiger partial charge in [0.25, 0.3) is 0 Å². The van der Waals surface area contributed by atoms with Gasteiger partial charge in [-0.2, -0.15) is 12.7 Å². The molecule has 11 heteroatoms. The minimum atomic E-state index is -4.21. The Morgan fingerprint density at radius 3 is 2.28 bits per heavy atom. The van der Waals surface area contributed by atoms with E-state index in [-0.39, 0.29) is 24.2 Å². The van der Waals surface area contributed by atoms with Crippen LogP contribution in [-0.4, -0.2) is 62.2 Å². The lowest BCUT2D eigenvalue weighted by Gasteiger charge is -2.33. The molecule has 36 heavy (non-hydrogen) atoms. The lowest BCUT2D eigenvalue weighted by molar-refractivity contribution is -0.139. The zero-order valence-electron chi connectivity index (χ0n) is 20.7. The molecule has 0 aromatic heterocycles. The van der Waals surface area contributed by atoms with Gasteiger partial charge in [0.15, 0.2) is 0 Å². The summed E-state index contributed by atoms with van der Waals surface area (Å²) in [5.74, 6) is -1.71. The van der Waals surface area contributed by atoms with Crippen LogP contribution in [0.4, 0.5) is 10.1 Å². The van der Waals surface area contributed by atoms with E-state index < -0.39 is 34.5 Å². The first-order valence-corrected chi connectivity index (χ1v) is 14.0. The molecule has 2 aromatic carbocycles. The lowest BCUT2D eigenvalue weighted by atomic mass is 10.1. The van der Waals surface area contributed by atoms with Gasteiger partial charge in [0.05, 0.1) is 5.69 Å². The van der Waals surface area contributed by atoms with Gasteiger partial charge < -0.3 is 10.2 Å². The zero-order chi connectivity index (χ0) is 26.5. The molecule has 8 nitrogen and oxygen atoms in total. The number of nitrogens with zero attached hydrogens (tertiary/aromatic N) is 3. The third-order valence-electron chi connectivity index (χ3n) is 6.27. The normalized spacial score (nSPS) is 15.1. The van der Waals surface area contributed by atoms with E-state index in [1.165, 1.54) is 37.2 Å². The molecular formula is C25H32BrFN4O4S. The number of carbonyl (C=O) groups excluding carboxylic acids is 2. The molecule has 0 unspecified atom stereocenters. The van der Waals surface area contributed by atoms with Gasteiger partial charge in [0, 0.05) is 31.2 Å². The minimum Gasteiger partial charge on any atom is -0.352 e. The average molecular weight is 584 g/mol. The second-order valence-electron chi connectivity index (χ2n) is 9.06. The van der Waals surface area contributed by atoms with Crippen LogP contribution in [0.1, 0.15) is 38.2 Å². The van der Waals surface area contributed by atoms with Crippen molar-refractivity contribution in [1.82, 2.24) is 14.5 Å². The molecule has 1 saturated carbocycles. The molecule has 0 spiro atoms. The minimum absolute atomic E-state index is 0.0635. The Hall–Kier alpha value is -2.50.